The van der Waals surface area contributed by atoms with Gasteiger partial charge in [-0.15, -0.1) is 0 Å². The van der Waals surface area contributed by atoms with Crippen LogP contribution in [0.2, 0.25) is 0 Å². The first-order valence-electron chi connectivity index (χ1n) is 13.5. The second-order valence-electron chi connectivity index (χ2n) is 13.2. The Morgan fingerprint density at radius 3 is 2.37 bits per heavy atom. The smallest absolute Gasteiger partial charge is 0.159 e. The maximum Gasteiger partial charge on any atom is 0.159 e. The zero-order valence-corrected chi connectivity index (χ0v) is 21.9. The van der Waals surface area contributed by atoms with Gasteiger partial charge in [-0.2, -0.15) is 0 Å². The molecule has 0 aromatic rings. The van der Waals surface area contributed by atoms with Crippen molar-refractivity contribution in [1.29, 1.82) is 0 Å². The van der Waals surface area contributed by atoms with Gasteiger partial charge in [0.15, 0.2) is 5.78 Å². The van der Waals surface area contributed by atoms with E-state index in [1.165, 1.54) is 0 Å². The minimum Gasteiger partial charge on any atom is -0.396 e. The first kappa shape index (κ1) is 27.2. The number of fused-ring (bicyclic) bond motifs is 5. The molecule has 0 aromatic carbocycles. The lowest BCUT2D eigenvalue weighted by atomic mass is 9.45. The van der Waals surface area contributed by atoms with E-state index >= 15 is 0 Å². The quantitative estimate of drug-likeness (QED) is 0.332. The van der Waals surface area contributed by atoms with E-state index in [2.05, 4.69) is 0 Å². The highest BCUT2D eigenvalue weighted by atomic mass is 16.3. The summed E-state index contributed by atoms with van der Waals surface area (Å²) in [6.07, 6.45) is 2.00. The molecule has 0 amide bonds. The molecule has 3 fully saturated rings. The van der Waals surface area contributed by atoms with Gasteiger partial charge in [-0.05, 0) is 92.6 Å². The van der Waals surface area contributed by atoms with Crippen molar-refractivity contribution in [1.82, 2.24) is 0 Å². The minimum atomic E-state index is -1.44. The first-order chi connectivity index (χ1) is 16.1. The van der Waals surface area contributed by atoms with Gasteiger partial charge in [0.2, 0.25) is 0 Å². The van der Waals surface area contributed by atoms with Crippen molar-refractivity contribution in [3.8, 4) is 0 Å². The van der Waals surface area contributed by atoms with Crippen molar-refractivity contribution in [3.63, 3.8) is 0 Å². The standard InChI is InChI=1S/C28H46O7/c1-15(16(2)14-29)10-24(33)27(5,34)23-7-9-28(35)18-11-20(30)19-12-21(31)22(32)13-25(19,3)17(18)6-8-26(23,28)4/h11,15-17,19,21-24,29,31-35H,6-10,12-14H2,1-5H3/t15-,16?,17-,19-,21+,22-,23-,24+,25+,26+,27+,28+/m0/s1. The average Bonchev–Trinajstić information content (AvgIpc) is 3.07. The van der Waals surface area contributed by atoms with E-state index in [4.69, 9.17) is 0 Å². The molecule has 4 aliphatic rings. The van der Waals surface area contributed by atoms with E-state index in [1.54, 1.807) is 13.0 Å². The van der Waals surface area contributed by atoms with Crippen LogP contribution in [0.3, 0.4) is 0 Å². The number of allylic oxidation sites excluding steroid dienone is 1. The summed E-state index contributed by atoms with van der Waals surface area (Å²) < 4.78 is 0. The van der Waals surface area contributed by atoms with Crippen LogP contribution in [0.1, 0.15) is 79.6 Å². The molecule has 4 aliphatic carbocycles. The van der Waals surface area contributed by atoms with E-state index < -0.39 is 40.3 Å². The van der Waals surface area contributed by atoms with Crippen LogP contribution in [-0.4, -0.2) is 72.5 Å². The number of rotatable bonds is 6. The molecule has 7 heteroatoms. The van der Waals surface area contributed by atoms with Crippen molar-refractivity contribution in [3.05, 3.63) is 11.6 Å². The maximum atomic E-state index is 13.3. The highest BCUT2D eigenvalue weighted by Gasteiger charge is 2.69. The molecule has 0 aliphatic heterocycles. The van der Waals surface area contributed by atoms with Gasteiger partial charge in [0.05, 0.1) is 29.5 Å². The van der Waals surface area contributed by atoms with Crippen molar-refractivity contribution < 1.29 is 35.4 Å². The molecular weight excluding hydrogens is 448 g/mol. The van der Waals surface area contributed by atoms with Crippen LogP contribution >= 0.6 is 0 Å². The van der Waals surface area contributed by atoms with Crippen LogP contribution in [0.5, 0.6) is 0 Å². The Morgan fingerprint density at radius 1 is 1.09 bits per heavy atom. The molecule has 0 saturated heterocycles. The fourth-order valence-corrected chi connectivity index (χ4v) is 8.54. The summed E-state index contributed by atoms with van der Waals surface area (Å²) in [6, 6.07) is 0. The van der Waals surface area contributed by atoms with Crippen LogP contribution in [0.25, 0.3) is 0 Å². The lowest BCUT2D eigenvalue weighted by Gasteiger charge is -2.60. The molecule has 200 valence electrons. The zero-order chi connectivity index (χ0) is 26.1. The van der Waals surface area contributed by atoms with Gasteiger partial charge in [0.1, 0.15) is 0 Å². The van der Waals surface area contributed by atoms with Crippen LogP contribution in [0.15, 0.2) is 11.6 Å². The predicted octanol–water partition coefficient (Wildman–Crippen LogP) is 1.96. The number of carbonyl (C=O) groups is 1. The zero-order valence-electron chi connectivity index (χ0n) is 21.9. The third-order valence-corrected chi connectivity index (χ3v) is 11.4. The van der Waals surface area contributed by atoms with Crippen LogP contribution < -0.4 is 0 Å². The van der Waals surface area contributed by atoms with Gasteiger partial charge in [0, 0.05) is 17.9 Å². The van der Waals surface area contributed by atoms with E-state index in [9.17, 15) is 35.4 Å². The Morgan fingerprint density at radius 2 is 1.74 bits per heavy atom. The van der Waals surface area contributed by atoms with Crippen molar-refractivity contribution in [2.45, 2.75) is 109 Å². The largest absolute Gasteiger partial charge is 0.396 e. The monoisotopic (exact) mass is 494 g/mol. The number of ketones is 1. The van der Waals surface area contributed by atoms with Crippen molar-refractivity contribution >= 4 is 5.78 Å². The van der Waals surface area contributed by atoms with Crippen molar-refractivity contribution in [2.75, 3.05) is 6.61 Å². The fraction of sp³-hybridized carbons (Fsp3) is 0.893. The second kappa shape index (κ2) is 8.88. The Balaban J connectivity index is 1.66. The Kier molecular flexibility index (Phi) is 6.91. The molecule has 35 heavy (non-hydrogen) atoms. The van der Waals surface area contributed by atoms with Crippen LogP contribution in [0, 0.1) is 40.4 Å². The maximum absolute atomic E-state index is 13.3. The molecule has 0 aromatic heterocycles. The molecule has 12 atom stereocenters. The lowest BCUT2D eigenvalue weighted by Crippen LogP contribution is -2.63. The molecular formula is C28H46O7. The number of hydrogen-bond donors (Lipinski definition) is 6. The summed E-state index contributed by atoms with van der Waals surface area (Å²) in [5.74, 6) is -0.890. The van der Waals surface area contributed by atoms with Gasteiger partial charge in [0.25, 0.3) is 0 Å². The predicted molar refractivity (Wildman–Crippen MR) is 131 cm³/mol. The third-order valence-electron chi connectivity index (χ3n) is 11.4. The number of hydrogen-bond acceptors (Lipinski definition) is 7. The SMILES string of the molecule is CC(CO)[C@@H](C)C[C@@H](O)[C@](C)(O)[C@H]1CC[C@@]2(O)C3=CC(=O)[C@@H]4C[C@@H](O)[C@@H](O)C[C@]4(C)[C@H]3CC[C@]12C. The highest BCUT2D eigenvalue weighted by Crippen LogP contribution is 2.68. The summed E-state index contributed by atoms with van der Waals surface area (Å²) >= 11 is 0. The minimum absolute atomic E-state index is 0.00319. The van der Waals surface area contributed by atoms with Gasteiger partial charge in [-0.25, -0.2) is 0 Å². The Hall–Kier alpha value is -0.830. The molecule has 0 spiro atoms. The second-order valence-corrected chi connectivity index (χ2v) is 13.2. The van der Waals surface area contributed by atoms with Crippen LogP contribution in [0.4, 0.5) is 0 Å². The van der Waals surface area contributed by atoms with E-state index in [1.807, 2.05) is 27.7 Å². The molecule has 0 heterocycles. The normalized spacial score (nSPS) is 47.6. The topological polar surface area (TPSA) is 138 Å². The van der Waals surface area contributed by atoms with E-state index in [-0.39, 0.29) is 48.4 Å². The summed E-state index contributed by atoms with van der Waals surface area (Å²) in [5, 5.41) is 65.3. The van der Waals surface area contributed by atoms with Gasteiger partial charge < -0.3 is 30.6 Å². The molecule has 7 nitrogen and oxygen atoms in total. The Bertz CT molecular complexity index is 869. The van der Waals surface area contributed by atoms with Gasteiger partial charge in [-0.1, -0.05) is 27.7 Å². The third kappa shape index (κ3) is 3.88. The molecule has 1 unspecified atom stereocenters. The molecule has 3 saturated carbocycles. The van der Waals surface area contributed by atoms with E-state index in [0.717, 1.165) is 0 Å². The van der Waals surface area contributed by atoms with Gasteiger partial charge in [-0.3, -0.25) is 4.79 Å². The summed E-state index contributed by atoms with van der Waals surface area (Å²) in [4.78, 5) is 13.3. The lowest BCUT2D eigenvalue weighted by molar-refractivity contribution is -0.177. The van der Waals surface area contributed by atoms with Crippen molar-refractivity contribution in [2.24, 2.45) is 40.4 Å². The summed E-state index contributed by atoms with van der Waals surface area (Å²) in [5.41, 5.74) is -3.26. The molecule has 0 bridgehead atoms. The van der Waals surface area contributed by atoms with Crippen LogP contribution in [-0.2, 0) is 4.79 Å². The van der Waals surface area contributed by atoms with Gasteiger partial charge >= 0.3 is 0 Å². The highest BCUT2D eigenvalue weighted by molar-refractivity contribution is 5.95. The molecule has 6 N–H and O–H groups in total. The molecule has 4 rings (SSSR count). The number of carbonyl (C=O) groups excluding carboxylic acids is 1. The first-order valence-corrected chi connectivity index (χ1v) is 13.5. The van der Waals surface area contributed by atoms with E-state index in [0.29, 0.717) is 44.1 Å². The number of aliphatic hydroxyl groups is 6. The number of aliphatic hydroxyl groups excluding tert-OH is 4. The molecule has 0 radical (unpaired) electrons. The summed E-state index contributed by atoms with van der Waals surface area (Å²) in [7, 11) is 0. The average molecular weight is 495 g/mol. The summed E-state index contributed by atoms with van der Waals surface area (Å²) in [6.45, 7) is 9.57. The Labute approximate surface area is 209 Å². The fourth-order valence-electron chi connectivity index (χ4n) is 8.54.